The summed E-state index contributed by atoms with van der Waals surface area (Å²) in [6.07, 6.45) is 1.83. The molecule has 1 N–H and O–H groups in total. The Balaban J connectivity index is 1.77. The number of aromatic nitrogens is 1. The number of hydrogen-bond donors (Lipinski definition) is 1. The minimum Gasteiger partial charge on any atom is -0.379 e. The van der Waals surface area contributed by atoms with Crippen molar-refractivity contribution in [2.24, 2.45) is 0 Å². The van der Waals surface area contributed by atoms with Crippen molar-refractivity contribution in [3.63, 3.8) is 0 Å². The second kappa shape index (κ2) is 5.83. The molecule has 3 aromatic rings. The third-order valence-corrected chi connectivity index (χ3v) is 3.57. The van der Waals surface area contributed by atoms with Crippen LogP contribution in [0.15, 0.2) is 60.8 Å². The average molecular weight is 277 g/mol. The van der Waals surface area contributed by atoms with Crippen LogP contribution in [0.4, 0.5) is 11.4 Å². The van der Waals surface area contributed by atoms with Gasteiger partial charge < -0.3 is 10.2 Å². The molecule has 0 aliphatic heterocycles. The van der Waals surface area contributed by atoms with Gasteiger partial charge in [0.2, 0.25) is 0 Å². The van der Waals surface area contributed by atoms with Crippen molar-refractivity contribution < 1.29 is 0 Å². The lowest BCUT2D eigenvalue weighted by molar-refractivity contribution is 1.11. The Kier molecular flexibility index (Phi) is 3.73. The molecule has 0 spiro atoms. The molecular weight excluding hydrogens is 258 g/mol. The summed E-state index contributed by atoms with van der Waals surface area (Å²) in [6.45, 7) is 0.795. The van der Waals surface area contributed by atoms with Crippen LogP contribution < -0.4 is 10.2 Å². The third kappa shape index (κ3) is 2.97. The van der Waals surface area contributed by atoms with Crippen LogP contribution in [0.25, 0.3) is 10.9 Å². The van der Waals surface area contributed by atoms with Crippen LogP contribution >= 0.6 is 0 Å². The predicted molar refractivity (Wildman–Crippen MR) is 89.8 cm³/mol. The Bertz CT molecular complexity index is 728. The molecule has 1 aromatic heterocycles. The molecular formula is C18H19N3. The Hall–Kier alpha value is -2.55. The first kappa shape index (κ1) is 13.4. The molecule has 0 radical (unpaired) electrons. The van der Waals surface area contributed by atoms with Crippen LogP contribution in [-0.4, -0.2) is 19.1 Å². The van der Waals surface area contributed by atoms with Gasteiger partial charge in [-0.25, -0.2) is 0 Å². The van der Waals surface area contributed by atoms with Gasteiger partial charge >= 0.3 is 0 Å². The van der Waals surface area contributed by atoms with E-state index in [1.54, 1.807) is 0 Å². The molecule has 0 atom stereocenters. The molecule has 0 aliphatic rings. The Morgan fingerprint density at radius 3 is 2.48 bits per heavy atom. The van der Waals surface area contributed by atoms with Crippen LogP contribution in [0, 0.1) is 0 Å². The van der Waals surface area contributed by atoms with E-state index in [0.717, 1.165) is 23.1 Å². The van der Waals surface area contributed by atoms with Gasteiger partial charge in [-0.1, -0.05) is 30.3 Å². The largest absolute Gasteiger partial charge is 0.379 e. The second-order valence-electron chi connectivity index (χ2n) is 5.30. The minimum absolute atomic E-state index is 0.795. The van der Waals surface area contributed by atoms with Crippen molar-refractivity contribution >= 4 is 22.3 Å². The van der Waals surface area contributed by atoms with Crippen molar-refractivity contribution in [2.75, 3.05) is 24.3 Å². The first-order valence-electron chi connectivity index (χ1n) is 7.08. The first-order chi connectivity index (χ1) is 10.2. The number of hydrogen-bond acceptors (Lipinski definition) is 3. The second-order valence-corrected chi connectivity index (χ2v) is 5.30. The van der Waals surface area contributed by atoms with Gasteiger partial charge in [-0.3, -0.25) is 4.98 Å². The van der Waals surface area contributed by atoms with E-state index in [9.17, 15) is 0 Å². The number of benzene rings is 2. The first-order valence-corrected chi connectivity index (χ1v) is 7.08. The highest BCUT2D eigenvalue weighted by molar-refractivity contribution is 5.90. The number of pyridine rings is 1. The van der Waals surface area contributed by atoms with E-state index in [-0.39, 0.29) is 0 Å². The number of fused-ring (bicyclic) bond motifs is 1. The molecule has 0 bridgehead atoms. The van der Waals surface area contributed by atoms with Gasteiger partial charge in [0, 0.05) is 37.9 Å². The average Bonchev–Trinajstić information content (AvgIpc) is 2.53. The van der Waals surface area contributed by atoms with E-state index >= 15 is 0 Å². The molecule has 1 heterocycles. The van der Waals surface area contributed by atoms with Crippen molar-refractivity contribution in [2.45, 2.75) is 6.54 Å². The topological polar surface area (TPSA) is 28.2 Å². The highest BCUT2D eigenvalue weighted by Gasteiger charge is 2.01. The highest BCUT2D eigenvalue weighted by atomic mass is 15.1. The van der Waals surface area contributed by atoms with E-state index < -0.39 is 0 Å². The summed E-state index contributed by atoms with van der Waals surface area (Å²) in [4.78, 5) is 6.56. The standard InChI is InChI=1S/C18H19N3/c1-21(2)16-10-8-14(9-11-16)13-20-17-7-3-5-15-6-4-12-19-18(15)17/h3-12,20H,13H2,1-2H3. The number of para-hydroxylation sites is 1. The molecule has 3 heteroatoms. The number of rotatable bonds is 4. The van der Waals surface area contributed by atoms with Crippen molar-refractivity contribution in [3.05, 3.63) is 66.4 Å². The Labute approximate surface area is 125 Å². The molecule has 3 rings (SSSR count). The molecule has 0 fully saturated rings. The molecule has 21 heavy (non-hydrogen) atoms. The summed E-state index contributed by atoms with van der Waals surface area (Å²) >= 11 is 0. The zero-order chi connectivity index (χ0) is 14.7. The lowest BCUT2D eigenvalue weighted by atomic mass is 10.1. The quantitative estimate of drug-likeness (QED) is 0.783. The summed E-state index contributed by atoms with van der Waals surface area (Å²) < 4.78 is 0. The Morgan fingerprint density at radius 1 is 0.952 bits per heavy atom. The fourth-order valence-electron chi connectivity index (χ4n) is 2.36. The molecule has 0 amide bonds. The van der Waals surface area contributed by atoms with E-state index in [0.29, 0.717) is 0 Å². The maximum atomic E-state index is 4.46. The molecule has 2 aromatic carbocycles. The smallest absolute Gasteiger partial charge is 0.0933 e. The van der Waals surface area contributed by atoms with Crippen LogP contribution in [0.2, 0.25) is 0 Å². The lowest BCUT2D eigenvalue weighted by Gasteiger charge is -2.13. The fourth-order valence-corrected chi connectivity index (χ4v) is 2.36. The number of nitrogens with one attached hydrogen (secondary N) is 1. The molecule has 3 nitrogen and oxygen atoms in total. The van der Waals surface area contributed by atoms with Gasteiger partial charge in [0.05, 0.1) is 11.2 Å². The van der Waals surface area contributed by atoms with E-state index in [2.05, 4.69) is 77.8 Å². The monoisotopic (exact) mass is 277 g/mol. The highest BCUT2D eigenvalue weighted by Crippen LogP contribution is 2.21. The van der Waals surface area contributed by atoms with Crippen LogP contribution in [0.3, 0.4) is 0 Å². The molecule has 0 unspecified atom stereocenters. The zero-order valence-electron chi connectivity index (χ0n) is 12.4. The van der Waals surface area contributed by atoms with Crippen molar-refractivity contribution in [3.8, 4) is 0 Å². The molecule has 0 saturated heterocycles. The normalized spacial score (nSPS) is 10.6. The third-order valence-electron chi connectivity index (χ3n) is 3.57. The molecule has 0 saturated carbocycles. The number of anilines is 2. The van der Waals surface area contributed by atoms with Gasteiger partial charge in [-0.2, -0.15) is 0 Å². The summed E-state index contributed by atoms with van der Waals surface area (Å²) in [5, 5.41) is 4.63. The molecule has 106 valence electrons. The maximum Gasteiger partial charge on any atom is 0.0933 e. The maximum absolute atomic E-state index is 4.46. The summed E-state index contributed by atoms with van der Waals surface area (Å²) in [5.41, 5.74) is 4.56. The van der Waals surface area contributed by atoms with Crippen LogP contribution in [0.1, 0.15) is 5.56 Å². The Morgan fingerprint density at radius 2 is 1.71 bits per heavy atom. The fraction of sp³-hybridized carbons (Fsp3) is 0.167. The van der Waals surface area contributed by atoms with Crippen LogP contribution in [-0.2, 0) is 6.54 Å². The zero-order valence-corrected chi connectivity index (χ0v) is 12.4. The lowest BCUT2D eigenvalue weighted by Crippen LogP contribution is -2.08. The van der Waals surface area contributed by atoms with Gasteiger partial charge in [0.25, 0.3) is 0 Å². The van der Waals surface area contributed by atoms with Gasteiger partial charge in [0.1, 0.15) is 0 Å². The van der Waals surface area contributed by atoms with E-state index in [1.165, 1.54) is 11.3 Å². The van der Waals surface area contributed by atoms with Gasteiger partial charge in [-0.05, 0) is 29.8 Å². The minimum atomic E-state index is 0.795. The summed E-state index contributed by atoms with van der Waals surface area (Å²) in [6, 6.07) is 18.8. The van der Waals surface area contributed by atoms with Crippen LogP contribution in [0.5, 0.6) is 0 Å². The van der Waals surface area contributed by atoms with Gasteiger partial charge in [-0.15, -0.1) is 0 Å². The van der Waals surface area contributed by atoms with Crippen molar-refractivity contribution in [1.82, 2.24) is 4.98 Å². The van der Waals surface area contributed by atoms with Gasteiger partial charge in [0.15, 0.2) is 0 Å². The van der Waals surface area contributed by atoms with E-state index in [4.69, 9.17) is 0 Å². The van der Waals surface area contributed by atoms with E-state index in [1.807, 2.05) is 12.3 Å². The summed E-state index contributed by atoms with van der Waals surface area (Å²) in [7, 11) is 4.10. The molecule has 0 aliphatic carbocycles. The predicted octanol–water partition coefficient (Wildman–Crippen LogP) is 3.91. The number of nitrogens with zero attached hydrogens (tertiary/aromatic N) is 2. The SMILES string of the molecule is CN(C)c1ccc(CNc2cccc3cccnc23)cc1. The summed E-state index contributed by atoms with van der Waals surface area (Å²) in [5.74, 6) is 0. The van der Waals surface area contributed by atoms with Crippen molar-refractivity contribution in [1.29, 1.82) is 0 Å².